The van der Waals surface area contributed by atoms with E-state index in [1.54, 1.807) is 12.2 Å². The lowest BCUT2D eigenvalue weighted by Gasteiger charge is -2.24. The third kappa shape index (κ3) is 4.48. The number of ketones is 1. The van der Waals surface area contributed by atoms with Crippen LogP contribution >= 0.6 is 0 Å². The zero-order chi connectivity index (χ0) is 23.0. The van der Waals surface area contributed by atoms with Crippen molar-refractivity contribution in [3.63, 3.8) is 0 Å². The molecule has 0 heterocycles. The summed E-state index contributed by atoms with van der Waals surface area (Å²) in [6.07, 6.45) is 3.41. The Kier molecular flexibility index (Phi) is 6.60. The molecule has 0 atom stereocenters. The van der Waals surface area contributed by atoms with Crippen molar-refractivity contribution in [2.45, 2.75) is 67.9 Å². The Labute approximate surface area is 179 Å². The Morgan fingerprint density at radius 3 is 1.70 bits per heavy atom. The number of carboxylic acid groups (broad SMARTS) is 1. The normalized spacial score (nSPS) is 11.8. The number of allylic oxidation sites excluding steroid dienone is 1. The smallest absolute Gasteiger partial charge is 0.347 e. The average Bonchev–Trinajstić information content (AvgIpc) is 2.66. The fourth-order valence-electron chi connectivity index (χ4n) is 3.66. The first-order valence-electron chi connectivity index (χ1n) is 10.1. The fraction of sp³-hybridized carbons (Fsp3) is 0.385. The van der Waals surface area contributed by atoms with E-state index in [-0.39, 0.29) is 5.78 Å². The van der Waals surface area contributed by atoms with Gasteiger partial charge in [0.15, 0.2) is 11.4 Å². The van der Waals surface area contributed by atoms with Gasteiger partial charge in [-0.1, -0.05) is 6.08 Å². The molecule has 4 nitrogen and oxygen atoms in total. The highest BCUT2D eigenvalue weighted by molar-refractivity contribution is 6.09. The molecule has 0 saturated carbocycles. The van der Waals surface area contributed by atoms with E-state index in [0.29, 0.717) is 5.75 Å². The molecule has 0 saturated heterocycles. The standard InChI is InChI=1S/C26H32O4/c1-14-12-21(13-15(2)24(14)30-26(8,9)25(28)29)10-11-22(27)23-19(6)17(4)16(3)18(5)20(23)7/h10-13H,1-9H3,(H,28,29). The van der Waals surface area contributed by atoms with Crippen LogP contribution in [0.15, 0.2) is 18.2 Å². The summed E-state index contributed by atoms with van der Waals surface area (Å²) in [6.45, 7) is 17.0. The van der Waals surface area contributed by atoms with Crippen LogP contribution in [0, 0.1) is 48.5 Å². The summed E-state index contributed by atoms with van der Waals surface area (Å²) >= 11 is 0. The molecule has 30 heavy (non-hydrogen) atoms. The summed E-state index contributed by atoms with van der Waals surface area (Å²) in [4.78, 5) is 24.4. The topological polar surface area (TPSA) is 63.6 Å². The molecule has 160 valence electrons. The van der Waals surface area contributed by atoms with Crippen molar-refractivity contribution in [3.05, 3.63) is 68.3 Å². The van der Waals surface area contributed by atoms with Crippen LogP contribution in [0.1, 0.15) is 68.7 Å². The number of aliphatic carboxylic acids is 1. The number of aryl methyl sites for hydroxylation is 2. The van der Waals surface area contributed by atoms with Crippen LogP contribution in [0.2, 0.25) is 0 Å². The third-order valence-electron chi connectivity index (χ3n) is 6.03. The second kappa shape index (κ2) is 8.47. The summed E-state index contributed by atoms with van der Waals surface area (Å²) in [5, 5.41) is 9.32. The number of carbonyl (C=O) groups is 2. The van der Waals surface area contributed by atoms with Crippen molar-refractivity contribution in [2.24, 2.45) is 0 Å². The van der Waals surface area contributed by atoms with Gasteiger partial charge in [-0.2, -0.15) is 0 Å². The Hall–Kier alpha value is -2.88. The first-order chi connectivity index (χ1) is 13.8. The SMILES string of the molecule is Cc1cc(C=CC(=O)c2c(C)c(C)c(C)c(C)c2C)cc(C)c1OC(C)(C)C(=O)O. The second-order valence-corrected chi connectivity index (χ2v) is 8.60. The molecule has 2 aromatic carbocycles. The molecule has 0 aliphatic rings. The number of rotatable bonds is 6. The van der Waals surface area contributed by atoms with Crippen LogP contribution in [0.5, 0.6) is 5.75 Å². The largest absolute Gasteiger partial charge is 0.478 e. The monoisotopic (exact) mass is 408 g/mol. The Bertz CT molecular complexity index is 1000. The van der Waals surface area contributed by atoms with E-state index in [4.69, 9.17) is 4.74 Å². The minimum atomic E-state index is -1.32. The molecule has 2 aromatic rings. The summed E-state index contributed by atoms with van der Waals surface area (Å²) in [5.41, 5.74) is 7.56. The zero-order valence-electron chi connectivity index (χ0n) is 19.5. The van der Waals surface area contributed by atoms with Gasteiger partial charge >= 0.3 is 5.97 Å². The Balaban J connectivity index is 2.38. The number of carboxylic acids is 1. The molecular weight excluding hydrogens is 376 g/mol. The van der Waals surface area contributed by atoms with Gasteiger partial charge in [-0.15, -0.1) is 0 Å². The molecule has 0 aliphatic carbocycles. The number of ether oxygens (including phenoxy) is 1. The first kappa shape index (κ1) is 23.4. The lowest BCUT2D eigenvalue weighted by atomic mass is 9.87. The van der Waals surface area contributed by atoms with Gasteiger partial charge in [0.2, 0.25) is 0 Å². The van der Waals surface area contributed by atoms with Crippen LogP contribution in [0.4, 0.5) is 0 Å². The average molecular weight is 409 g/mol. The van der Waals surface area contributed by atoms with Gasteiger partial charge in [0.25, 0.3) is 0 Å². The fourth-order valence-corrected chi connectivity index (χ4v) is 3.66. The first-order valence-corrected chi connectivity index (χ1v) is 10.1. The summed E-state index contributed by atoms with van der Waals surface area (Å²) in [5.74, 6) is -0.480. The van der Waals surface area contributed by atoms with E-state index in [1.807, 2.05) is 39.8 Å². The quantitative estimate of drug-likeness (QED) is 0.471. The van der Waals surface area contributed by atoms with Gasteiger partial charge in [0.05, 0.1) is 0 Å². The molecule has 1 N–H and O–H groups in total. The zero-order valence-corrected chi connectivity index (χ0v) is 19.5. The summed E-state index contributed by atoms with van der Waals surface area (Å²) < 4.78 is 5.75. The van der Waals surface area contributed by atoms with Crippen molar-refractivity contribution >= 4 is 17.8 Å². The van der Waals surface area contributed by atoms with Gasteiger partial charge in [-0.05, 0) is 125 Å². The molecular formula is C26H32O4. The Morgan fingerprint density at radius 1 is 0.833 bits per heavy atom. The maximum atomic E-state index is 13.0. The van der Waals surface area contributed by atoms with E-state index in [1.165, 1.54) is 19.4 Å². The lowest BCUT2D eigenvalue weighted by molar-refractivity contribution is -0.152. The number of hydrogen-bond acceptors (Lipinski definition) is 3. The van der Waals surface area contributed by atoms with Gasteiger partial charge in [0, 0.05) is 5.56 Å². The molecule has 2 rings (SSSR count). The van der Waals surface area contributed by atoms with E-state index in [2.05, 4.69) is 20.8 Å². The predicted octanol–water partition coefficient (Wildman–Crippen LogP) is 5.98. The second-order valence-electron chi connectivity index (χ2n) is 8.60. The van der Waals surface area contributed by atoms with E-state index in [9.17, 15) is 14.7 Å². The van der Waals surface area contributed by atoms with E-state index >= 15 is 0 Å². The third-order valence-corrected chi connectivity index (χ3v) is 6.03. The minimum absolute atomic E-state index is 0.0150. The van der Waals surface area contributed by atoms with Gasteiger partial charge in [-0.25, -0.2) is 4.79 Å². The summed E-state index contributed by atoms with van der Waals surface area (Å²) in [6, 6.07) is 3.80. The molecule has 0 fully saturated rings. The van der Waals surface area contributed by atoms with Crippen molar-refractivity contribution < 1.29 is 19.4 Å². The van der Waals surface area contributed by atoms with Crippen LogP contribution < -0.4 is 4.74 Å². The number of benzene rings is 2. The van der Waals surface area contributed by atoms with Gasteiger partial charge in [-0.3, -0.25) is 4.79 Å². The predicted molar refractivity (Wildman–Crippen MR) is 122 cm³/mol. The van der Waals surface area contributed by atoms with Crippen LogP contribution in [0.3, 0.4) is 0 Å². The molecule has 0 bridgehead atoms. The van der Waals surface area contributed by atoms with Crippen molar-refractivity contribution in [2.75, 3.05) is 0 Å². The van der Waals surface area contributed by atoms with Crippen molar-refractivity contribution in [1.29, 1.82) is 0 Å². The highest BCUT2D eigenvalue weighted by Crippen LogP contribution is 2.30. The maximum Gasteiger partial charge on any atom is 0.347 e. The Morgan fingerprint density at radius 2 is 1.27 bits per heavy atom. The maximum absolute atomic E-state index is 13.0. The lowest BCUT2D eigenvalue weighted by Crippen LogP contribution is -2.38. The van der Waals surface area contributed by atoms with Crippen LogP contribution in [0.25, 0.3) is 6.08 Å². The molecule has 0 aliphatic heterocycles. The van der Waals surface area contributed by atoms with Crippen molar-refractivity contribution in [3.8, 4) is 5.75 Å². The van der Waals surface area contributed by atoms with Crippen LogP contribution in [-0.4, -0.2) is 22.5 Å². The molecule has 0 unspecified atom stereocenters. The van der Waals surface area contributed by atoms with E-state index in [0.717, 1.165) is 44.5 Å². The molecule has 0 amide bonds. The highest BCUT2D eigenvalue weighted by atomic mass is 16.5. The van der Waals surface area contributed by atoms with Crippen LogP contribution in [-0.2, 0) is 4.79 Å². The van der Waals surface area contributed by atoms with Crippen molar-refractivity contribution in [1.82, 2.24) is 0 Å². The minimum Gasteiger partial charge on any atom is -0.478 e. The van der Waals surface area contributed by atoms with Gasteiger partial charge in [0.1, 0.15) is 5.75 Å². The molecule has 0 aromatic heterocycles. The highest BCUT2D eigenvalue weighted by Gasteiger charge is 2.30. The summed E-state index contributed by atoms with van der Waals surface area (Å²) in [7, 11) is 0. The molecule has 0 spiro atoms. The molecule has 4 heteroatoms. The number of carbonyl (C=O) groups excluding carboxylic acids is 1. The number of hydrogen-bond donors (Lipinski definition) is 1. The van der Waals surface area contributed by atoms with E-state index < -0.39 is 11.6 Å². The molecule has 0 radical (unpaired) electrons. The van der Waals surface area contributed by atoms with Gasteiger partial charge < -0.3 is 9.84 Å².